The molecular formula is C9H15IN4. The van der Waals surface area contributed by atoms with E-state index in [-0.39, 0.29) is 0 Å². The van der Waals surface area contributed by atoms with Crippen LogP contribution in [0.3, 0.4) is 0 Å². The van der Waals surface area contributed by atoms with Crippen LogP contribution in [-0.4, -0.2) is 23.1 Å². The molecule has 0 spiro atoms. The normalized spacial score (nSPS) is 10.3. The molecule has 0 aliphatic heterocycles. The molecular weight excluding hydrogens is 291 g/mol. The van der Waals surface area contributed by atoms with Crippen LogP contribution in [0.25, 0.3) is 0 Å². The van der Waals surface area contributed by atoms with E-state index in [0.717, 1.165) is 28.3 Å². The highest BCUT2D eigenvalue weighted by atomic mass is 127. The maximum atomic E-state index is 5.78. The molecule has 1 heterocycles. The highest BCUT2D eigenvalue weighted by Crippen LogP contribution is 2.19. The first-order valence-corrected chi connectivity index (χ1v) is 5.72. The van der Waals surface area contributed by atoms with Gasteiger partial charge < -0.3 is 10.6 Å². The summed E-state index contributed by atoms with van der Waals surface area (Å²) in [6, 6.07) is 0. The van der Waals surface area contributed by atoms with E-state index in [2.05, 4.69) is 51.3 Å². The quantitative estimate of drug-likeness (QED) is 0.866. The highest BCUT2D eigenvalue weighted by Gasteiger charge is 2.10. The molecule has 5 heteroatoms. The second-order valence-corrected chi connectivity index (χ2v) is 4.06. The van der Waals surface area contributed by atoms with Gasteiger partial charge in [-0.2, -0.15) is 4.98 Å². The Morgan fingerprint density at radius 2 is 1.86 bits per heavy atom. The minimum absolute atomic E-state index is 0.569. The van der Waals surface area contributed by atoms with Crippen molar-refractivity contribution in [2.45, 2.75) is 20.8 Å². The number of rotatable bonds is 3. The average Bonchev–Trinajstić information content (AvgIpc) is 2.16. The average molecular weight is 306 g/mol. The van der Waals surface area contributed by atoms with Gasteiger partial charge in [-0.1, -0.05) is 0 Å². The Morgan fingerprint density at radius 1 is 1.29 bits per heavy atom. The maximum Gasteiger partial charge on any atom is 0.227 e. The largest absolute Gasteiger partial charge is 0.383 e. The number of hydrogen-bond donors (Lipinski definition) is 1. The molecule has 2 N–H and O–H groups in total. The molecule has 0 bridgehead atoms. The number of anilines is 2. The maximum absolute atomic E-state index is 5.78. The van der Waals surface area contributed by atoms with Gasteiger partial charge in [-0.15, -0.1) is 0 Å². The van der Waals surface area contributed by atoms with Crippen LogP contribution in [0.5, 0.6) is 0 Å². The first-order valence-electron chi connectivity index (χ1n) is 4.64. The van der Waals surface area contributed by atoms with E-state index in [1.54, 1.807) is 0 Å². The molecule has 0 saturated carbocycles. The Balaban J connectivity index is 3.11. The van der Waals surface area contributed by atoms with Crippen LogP contribution in [0.4, 0.5) is 11.8 Å². The lowest BCUT2D eigenvalue weighted by Gasteiger charge is -2.19. The molecule has 14 heavy (non-hydrogen) atoms. The summed E-state index contributed by atoms with van der Waals surface area (Å²) in [5.74, 6) is 1.30. The Kier molecular flexibility index (Phi) is 3.91. The first kappa shape index (κ1) is 11.5. The second-order valence-electron chi connectivity index (χ2n) is 2.98. The zero-order valence-electron chi connectivity index (χ0n) is 8.71. The van der Waals surface area contributed by atoms with Crippen LogP contribution >= 0.6 is 22.6 Å². The van der Waals surface area contributed by atoms with E-state index in [1.807, 2.05) is 6.92 Å². The van der Waals surface area contributed by atoms with Crippen molar-refractivity contribution in [3.63, 3.8) is 0 Å². The Labute approximate surface area is 98.1 Å². The lowest BCUT2D eigenvalue weighted by molar-refractivity contribution is 0.816. The molecule has 78 valence electrons. The van der Waals surface area contributed by atoms with E-state index in [9.17, 15) is 0 Å². The SMILES string of the molecule is CCN(CC)c1nc(C)c(I)c(N)n1. The van der Waals surface area contributed by atoms with Gasteiger partial charge in [-0.3, -0.25) is 0 Å². The third kappa shape index (κ3) is 2.26. The molecule has 0 aliphatic carbocycles. The molecule has 4 nitrogen and oxygen atoms in total. The van der Waals surface area contributed by atoms with Crippen molar-refractivity contribution < 1.29 is 0 Å². The van der Waals surface area contributed by atoms with E-state index in [1.165, 1.54) is 0 Å². The standard InChI is InChI=1S/C9H15IN4/c1-4-14(5-2)9-12-6(3)7(10)8(11)13-9/h4-5H2,1-3H3,(H2,11,12,13). The number of aromatic nitrogens is 2. The topological polar surface area (TPSA) is 55.0 Å². The Bertz CT molecular complexity index is 300. The van der Waals surface area contributed by atoms with E-state index < -0.39 is 0 Å². The van der Waals surface area contributed by atoms with Gasteiger partial charge >= 0.3 is 0 Å². The van der Waals surface area contributed by atoms with Crippen LogP contribution in [0.1, 0.15) is 19.5 Å². The first-order chi connectivity index (χ1) is 6.60. The Hall–Kier alpha value is -0.590. The van der Waals surface area contributed by atoms with Gasteiger partial charge in [0.05, 0.1) is 9.26 Å². The van der Waals surface area contributed by atoms with Crippen LogP contribution in [0, 0.1) is 10.5 Å². The van der Waals surface area contributed by atoms with E-state index in [0.29, 0.717) is 5.82 Å². The molecule has 0 atom stereocenters. The third-order valence-corrected chi connectivity index (χ3v) is 3.41. The van der Waals surface area contributed by atoms with E-state index in [4.69, 9.17) is 5.73 Å². The summed E-state index contributed by atoms with van der Waals surface area (Å²) in [4.78, 5) is 10.7. The number of hydrogen-bond acceptors (Lipinski definition) is 4. The molecule has 1 rings (SSSR count). The predicted molar refractivity (Wildman–Crippen MR) is 67.5 cm³/mol. The lowest BCUT2D eigenvalue weighted by atomic mass is 10.4. The molecule has 1 aromatic heterocycles. The molecule has 0 saturated heterocycles. The zero-order chi connectivity index (χ0) is 10.7. The van der Waals surface area contributed by atoms with Crippen molar-refractivity contribution in [1.82, 2.24) is 9.97 Å². The molecule has 0 aromatic carbocycles. The fourth-order valence-corrected chi connectivity index (χ4v) is 1.46. The van der Waals surface area contributed by atoms with Crippen molar-refractivity contribution in [1.29, 1.82) is 0 Å². The number of halogens is 1. The molecule has 0 unspecified atom stereocenters. The van der Waals surface area contributed by atoms with Crippen LogP contribution in [0.2, 0.25) is 0 Å². The molecule has 0 radical (unpaired) electrons. The van der Waals surface area contributed by atoms with Gasteiger partial charge in [0.15, 0.2) is 0 Å². The van der Waals surface area contributed by atoms with Crippen molar-refractivity contribution in [2.24, 2.45) is 0 Å². The minimum atomic E-state index is 0.569. The molecule has 1 aromatic rings. The van der Waals surface area contributed by atoms with Crippen LogP contribution < -0.4 is 10.6 Å². The summed E-state index contributed by atoms with van der Waals surface area (Å²) < 4.78 is 0.943. The zero-order valence-corrected chi connectivity index (χ0v) is 10.9. The van der Waals surface area contributed by atoms with Crippen LogP contribution in [-0.2, 0) is 0 Å². The summed E-state index contributed by atoms with van der Waals surface area (Å²) in [7, 11) is 0. The predicted octanol–water partition coefficient (Wildman–Crippen LogP) is 1.82. The van der Waals surface area contributed by atoms with Gasteiger partial charge in [0, 0.05) is 13.1 Å². The van der Waals surface area contributed by atoms with Crippen molar-refractivity contribution in [3.05, 3.63) is 9.26 Å². The van der Waals surface area contributed by atoms with Gasteiger partial charge in [0.25, 0.3) is 0 Å². The van der Waals surface area contributed by atoms with Crippen molar-refractivity contribution >= 4 is 34.4 Å². The van der Waals surface area contributed by atoms with E-state index >= 15 is 0 Å². The minimum Gasteiger partial charge on any atom is -0.383 e. The molecule has 0 aliphatic rings. The highest BCUT2D eigenvalue weighted by molar-refractivity contribution is 14.1. The lowest BCUT2D eigenvalue weighted by Crippen LogP contribution is -2.25. The fourth-order valence-electron chi connectivity index (χ4n) is 1.21. The fraction of sp³-hybridized carbons (Fsp3) is 0.556. The monoisotopic (exact) mass is 306 g/mol. The van der Waals surface area contributed by atoms with Gasteiger partial charge in [0.1, 0.15) is 5.82 Å². The van der Waals surface area contributed by atoms with Crippen molar-refractivity contribution in [3.8, 4) is 0 Å². The summed E-state index contributed by atoms with van der Waals surface area (Å²) in [5.41, 5.74) is 6.73. The smallest absolute Gasteiger partial charge is 0.227 e. The van der Waals surface area contributed by atoms with Crippen LogP contribution in [0.15, 0.2) is 0 Å². The number of aryl methyl sites for hydroxylation is 1. The van der Waals surface area contributed by atoms with Gasteiger partial charge in [0.2, 0.25) is 5.95 Å². The number of nitrogen functional groups attached to an aromatic ring is 1. The summed E-state index contributed by atoms with van der Waals surface area (Å²) in [5, 5.41) is 0. The second kappa shape index (κ2) is 4.77. The van der Waals surface area contributed by atoms with Crippen molar-refractivity contribution in [2.75, 3.05) is 23.7 Å². The molecule has 0 amide bonds. The number of nitrogens with two attached hydrogens (primary N) is 1. The molecule has 0 fully saturated rings. The third-order valence-electron chi connectivity index (χ3n) is 2.08. The van der Waals surface area contributed by atoms with Gasteiger partial charge in [-0.05, 0) is 43.4 Å². The summed E-state index contributed by atoms with van der Waals surface area (Å²) in [6.45, 7) is 7.91. The summed E-state index contributed by atoms with van der Waals surface area (Å²) in [6.07, 6.45) is 0. The summed E-state index contributed by atoms with van der Waals surface area (Å²) >= 11 is 2.16. The Morgan fingerprint density at radius 3 is 2.29 bits per heavy atom. The van der Waals surface area contributed by atoms with Gasteiger partial charge in [-0.25, -0.2) is 4.98 Å². The number of nitrogens with zero attached hydrogens (tertiary/aromatic N) is 3.